The fourth-order valence-electron chi connectivity index (χ4n) is 1.96. The van der Waals surface area contributed by atoms with E-state index < -0.39 is 12.0 Å². The van der Waals surface area contributed by atoms with Crippen molar-refractivity contribution in [3.8, 4) is 5.75 Å². The number of anilines is 1. The molecule has 108 valence electrons. The summed E-state index contributed by atoms with van der Waals surface area (Å²) in [4.78, 5) is 22.5. The molecule has 0 radical (unpaired) electrons. The Labute approximate surface area is 115 Å². The normalized spacial score (nSPS) is 15.6. The van der Waals surface area contributed by atoms with E-state index in [1.165, 1.54) is 12.1 Å². The van der Waals surface area contributed by atoms with Gasteiger partial charge in [0.25, 0.3) is 0 Å². The maximum absolute atomic E-state index is 11.8. The number of aromatic carboxylic acids is 1. The van der Waals surface area contributed by atoms with Crippen LogP contribution in [-0.2, 0) is 4.74 Å². The molecule has 0 aromatic heterocycles. The van der Waals surface area contributed by atoms with Crippen molar-refractivity contribution >= 4 is 17.7 Å². The molecule has 7 nitrogen and oxygen atoms in total. The van der Waals surface area contributed by atoms with Crippen LogP contribution in [0.1, 0.15) is 23.2 Å². The molecule has 0 aliphatic carbocycles. The van der Waals surface area contributed by atoms with Crippen molar-refractivity contribution in [2.45, 2.75) is 18.9 Å². The first-order chi connectivity index (χ1) is 9.56. The summed E-state index contributed by atoms with van der Waals surface area (Å²) in [7, 11) is 0. The smallest absolute Gasteiger partial charge is 0.335 e. The Morgan fingerprint density at radius 3 is 2.55 bits per heavy atom. The molecule has 1 aromatic rings. The quantitative estimate of drug-likeness (QED) is 0.626. The number of phenols is 1. The van der Waals surface area contributed by atoms with Gasteiger partial charge in [0.1, 0.15) is 5.75 Å². The van der Waals surface area contributed by atoms with Gasteiger partial charge in [0.05, 0.1) is 11.3 Å². The van der Waals surface area contributed by atoms with Crippen LogP contribution in [-0.4, -0.2) is 41.5 Å². The van der Waals surface area contributed by atoms with Crippen LogP contribution in [0.15, 0.2) is 18.2 Å². The molecule has 4 N–H and O–H groups in total. The Bertz CT molecular complexity index is 511. The highest BCUT2D eigenvalue weighted by Crippen LogP contribution is 2.24. The predicted octanol–water partition coefficient (Wildman–Crippen LogP) is 1.39. The van der Waals surface area contributed by atoms with Crippen LogP contribution in [0.5, 0.6) is 5.75 Å². The Morgan fingerprint density at radius 2 is 1.95 bits per heavy atom. The second-order valence-corrected chi connectivity index (χ2v) is 4.52. The summed E-state index contributed by atoms with van der Waals surface area (Å²) < 4.78 is 5.19. The number of carbonyl (C=O) groups is 2. The number of ether oxygens (including phenoxy) is 1. The average Bonchev–Trinajstić information content (AvgIpc) is 2.42. The summed E-state index contributed by atoms with van der Waals surface area (Å²) in [5.74, 6) is -1.43. The van der Waals surface area contributed by atoms with E-state index in [2.05, 4.69) is 10.6 Å². The molecule has 2 rings (SSSR count). The average molecular weight is 280 g/mol. The number of hydrogen-bond donors (Lipinski definition) is 4. The molecule has 1 heterocycles. The number of phenolic OH excluding ortho intramolecular Hbond substituents is 1. The van der Waals surface area contributed by atoms with E-state index >= 15 is 0 Å². The Morgan fingerprint density at radius 1 is 1.25 bits per heavy atom. The topological polar surface area (TPSA) is 108 Å². The van der Waals surface area contributed by atoms with Gasteiger partial charge in [0.2, 0.25) is 0 Å². The highest BCUT2D eigenvalue weighted by Gasteiger charge is 2.17. The van der Waals surface area contributed by atoms with E-state index in [0.717, 1.165) is 18.9 Å². The Balaban J connectivity index is 1.95. The first-order valence-electron chi connectivity index (χ1n) is 6.28. The molecule has 7 heteroatoms. The van der Waals surface area contributed by atoms with Crippen molar-refractivity contribution in [3.05, 3.63) is 23.8 Å². The Kier molecular flexibility index (Phi) is 4.41. The van der Waals surface area contributed by atoms with Crippen LogP contribution >= 0.6 is 0 Å². The van der Waals surface area contributed by atoms with Crippen molar-refractivity contribution in [2.75, 3.05) is 18.5 Å². The molecule has 2 amide bonds. The lowest BCUT2D eigenvalue weighted by molar-refractivity contribution is 0.0696. The number of carbonyl (C=O) groups excluding carboxylic acids is 1. The van der Waals surface area contributed by atoms with Crippen LogP contribution in [0.2, 0.25) is 0 Å². The minimum Gasteiger partial charge on any atom is -0.506 e. The summed E-state index contributed by atoms with van der Waals surface area (Å²) in [5.41, 5.74) is 0.123. The van der Waals surface area contributed by atoms with Gasteiger partial charge in [-0.3, -0.25) is 0 Å². The van der Waals surface area contributed by atoms with Crippen LogP contribution in [0, 0.1) is 0 Å². The van der Waals surface area contributed by atoms with Crippen LogP contribution in [0.4, 0.5) is 10.5 Å². The molecule has 1 aliphatic rings. The molecule has 0 saturated carbocycles. The number of carboxylic acid groups (broad SMARTS) is 1. The third kappa shape index (κ3) is 3.61. The molecule has 1 aromatic carbocycles. The highest BCUT2D eigenvalue weighted by atomic mass is 16.5. The maximum Gasteiger partial charge on any atom is 0.335 e. The zero-order chi connectivity index (χ0) is 14.5. The molecule has 0 spiro atoms. The molecular formula is C13H16N2O5. The van der Waals surface area contributed by atoms with E-state index in [0.29, 0.717) is 13.2 Å². The molecule has 0 bridgehead atoms. The highest BCUT2D eigenvalue weighted by molar-refractivity contribution is 5.93. The number of nitrogens with one attached hydrogen (secondary N) is 2. The minimum atomic E-state index is -1.14. The monoisotopic (exact) mass is 280 g/mol. The molecule has 1 aliphatic heterocycles. The van der Waals surface area contributed by atoms with Gasteiger partial charge >= 0.3 is 12.0 Å². The fourth-order valence-corrected chi connectivity index (χ4v) is 1.96. The lowest BCUT2D eigenvalue weighted by atomic mass is 10.1. The van der Waals surface area contributed by atoms with Gasteiger partial charge in [-0.25, -0.2) is 9.59 Å². The summed E-state index contributed by atoms with van der Waals surface area (Å²) in [5, 5.41) is 23.7. The van der Waals surface area contributed by atoms with E-state index in [4.69, 9.17) is 9.84 Å². The summed E-state index contributed by atoms with van der Waals surface area (Å²) >= 11 is 0. The van der Waals surface area contributed by atoms with E-state index in [1.807, 2.05) is 0 Å². The van der Waals surface area contributed by atoms with E-state index in [1.54, 1.807) is 0 Å². The van der Waals surface area contributed by atoms with Crippen molar-refractivity contribution < 1.29 is 24.5 Å². The summed E-state index contributed by atoms with van der Waals surface area (Å²) in [6.45, 7) is 1.23. The molecule has 0 atom stereocenters. The number of benzene rings is 1. The predicted molar refractivity (Wildman–Crippen MR) is 71.1 cm³/mol. The maximum atomic E-state index is 11.8. The van der Waals surface area contributed by atoms with Crippen molar-refractivity contribution in [1.29, 1.82) is 0 Å². The van der Waals surface area contributed by atoms with Gasteiger partial charge in [-0.05, 0) is 31.0 Å². The zero-order valence-corrected chi connectivity index (χ0v) is 10.8. The number of rotatable bonds is 3. The first-order valence-corrected chi connectivity index (χ1v) is 6.28. The lowest BCUT2D eigenvalue weighted by Crippen LogP contribution is -2.41. The summed E-state index contributed by atoms with van der Waals surface area (Å²) in [6.07, 6.45) is 1.49. The number of hydrogen-bond acceptors (Lipinski definition) is 4. The second kappa shape index (κ2) is 6.25. The van der Waals surface area contributed by atoms with Gasteiger partial charge in [-0.1, -0.05) is 0 Å². The van der Waals surface area contributed by atoms with Gasteiger partial charge in [-0.15, -0.1) is 0 Å². The number of amides is 2. The van der Waals surface area contributed by atoms with Gasteiger partial charge < -0.3 is 25.6 Å². The first kappa shape index (κ1) is 14.1. The largest absolute Gasteiger partial charge is 0.506 e. The molecule has 1 saturated heterocycles. The molecule has 0 unspecified atom stereocenters. The fraction of sp³-hybridized carbons (Fsp3) is 0.385. The van der Waals surface area contributed by atoms with E-state index in [9.17, 15) is 14.7 Å². The number of urea groups is 1. The van der Waals surface area contributed by atoms with Gasteiger partial charge in [0, 0.05) is 19.3 Å². The zero-order valence-electron chi connectivity index (χ0n) is 10.8. The molecule has 20 heavy (non-hydrogen) atoms. The van der Waals surface area contributed by atoms with Crippen LogP contribution < -0.4 is 10.6 Å². The third-order valence-electron chi connectivity index (χ3n) is 3.05. The van der Waals surface area contributed by atoms with Crippen molar-refractivity contribution in [2.24, 2.45) is 0 Å². The lowest BCUT2D eigenvalue weighted by Gasteiger charge is -2.23. The summed E-state index contributed by atoms with van der Waals surface area (Å²) in [6, 6.07) is 3.36. The van der Waals surface area contributed by atoms with E-state index in [-0.39, 0.29) is 23.0 Å². The number of carboxylic acids is 1. The minimum absolute atomic E-state index is 0.0436. The molecule has 1 fully saturated rings. The number of aromatic hydroxyl groups is 1. The van der Waals surface area contributed by atoms with Crippen LogP contribution in [0.25, 0.3) is 0 Å². The standard InChI is InChI=1S/C13H16N2O5/c16-11-7-8(12(17)18)1-2-10(11)15-13(19)14-9-3-5-20-6-4-9/h1-2,7,9,16H,3-6H2,(H,17,18)(H2,14,15,19). The van der Waals surface area contributed by atoms with Crippen LogP contribution in [0.3, 0.4) is 0 Å². The second-order valence-electron chi connectivity index (χ2n) is 4.52. The molecular weight excluding hydrogens is 264 g/mol. The third-order valence-corrected chi connectivity index (χ3v) is 3.05. The van der Waals surface area contributed by atoms with Crippen molar-refractivity contribution in [1.82, 2.24) is 5.32 Å². The van der Waals surface area contributed by atoms with Gasteiger partial charge in [0.15, 0.2) is 0 Å². The van der Waals surface area contributed by atoms with Gasteiger partial charge in [-0.2, -0.15) is 0 Å². The van der Waals surface area contributed by atoms with Crippen molar-refractivity contribution in [3.63, 3.8) is 0 Å². The SMILES string of the molecule is O=C(Nc1ccc(C(=O)O)cc1O)NC1CCOCC1. The Hall–Kier alpha value is -2.28.